The minimum absolute atomic E-state index is 0.117. The van der Waals surface area contributed by atoms with Crippen LogP contribution in [0.1, 0.15) is 85.3 Å². The monoisotopic (exact) mass is 848 g/mol. The van der Waals surface area contributed by atoms with Crippen LogP contribution in [0.2, 0.25) is 16.6 Å². The molecule has 1 N–H and O–H groups in total. The van der Waals surface area contributed by atoms with Crippen molar-refractivity contribution < 1.29 is 52.2 Å². The molecule has 4 saturated heterocycles. The fraction of sp³-hybridized carbons (Fsp3) is 0.625. The van der Waals surface area contributed by atoms with Crippen LogP contribution in [-0.2, 0) is 60.3 Å². The third-order valence-corrected chi connectivity index (χ3v) is 19.1. The molecular formula is C48H68O11Si. The molecule has 4 fully saturated rings. The first-order valence-electron chi connectivity index (χ1n) is 22.0. The van der Waals surface area contributed by atoms with Gasteiger partial charge in [-0.15, -0.1) is 0 Å². The van der Waals surface area contributed by atoms with Crippen LogP contribution in [0.5, 0.6) is 0 Å². The highest BCUT2D eigenvalue weighted by atomic mass is 28.4. The normalized spacial score (nSPS) is 34.8. The molecule has 4 unspecified atom stereocenters. The smallest absolute Gasteiger partial charge is 0.203 e. The fourth-order valence-electron chi connectivity index (χ4n) is 9.82. The van der Waals surface area contributed by atoms with Gasteiger partial charge in [-0.2, -0.15) is 0 Å². The first kappa shape index (κ1) is 45.5. The van der Waals surface area contributed by atoms with E-state index in [1.807, 2.05) is 105 Å². The number of aliphatic hydroxyl groups is 1. The zero-order valence-corrected chi connectivity index (χ0v) is 37.9. The molecule has 0 saturated carbocycles. The van der Waals surface area contributed by atoms with Gasteiger partial charge in [-0.05, 0) is 34.7 Å². The molecule has 4 aliphatic heterocycles. The fourth-order valence-corrected chi connectivity index (χ4v) is 15.3. The van der Waals surface area contributed by atoms with Crippen molar-refractivity contribution in [1.82, 2.24) is 0 Å². The molecule has 0 amide bonds. The first-order chi connectivity index (χ1) is 28.8. The van der Waals surface area contributed by atoms with Gasteiger partial charge in [0.15, 0.2) is 25.2 Å². The van der Waals surface area contributed by atoms with Crippen molar-refractivity contribution in [3.05, 3.63) is 108 Å². The Balaban J connectivity index is 1.11. The molecule has 7 rings (SSSR count). The van der Waals surface area contributed by atoms with Gasteiger partial charge in [0.25, 0.3) is 0 Å². The molecule has 4 heterocycles. The zero-order chi connectivity index (χ0) is 42.6. The number of rotatable bonds is 17. The predicted octanol–water partition coefficient (Wildman–Crippen LogP) is 8.69. The summed E-state index contributed by atoms with van der Waals surface area (Å²) in [5, 5.41) is 12.0. The molecule has 0 aliphatic carbocycles. The highest BCUT2D eigenvalue weighted by Crippen LogP contribution is 2.48. The topological polar surface area (TPSA) is 113 Å². The van der Waals surface area contributed by atoms with Crippen LogP contribution in [0.25, 0.3) is 0 Å². The molecule has 12 heteroatoms. The number of hydrogen-bond donors (Lipinski definition) is 1. The Labute approximate surface area is 358 Å². The Bertz CT molecular complexity index is 1730. The SMILES string of the molecule is CC1O[C@@H](O[Si](C(C)C)(C(C)C)C(C)C)[C@@H](C)C(O)[C@H]1O[C@@H]1OC[C@@H](C)C(O[C@@H]2OC[C@]3(COCc4ccccc4)O[C@@H](c4ccccc4)OC23)[C@H]1OCc1ccccc1. The van der Waals surface area contributed by atoms with Gasteiger partial charge in [-0.25, -0.2) is 0 Å². The van der Waals surface area contributed by atoms with Gasteiger partial charge in [0, 0.05) is 17.4 Å². The van der Waals surface area contributed by atoms with E-state index in [-0.39, 0.29) is 25.0 Å². The Morgan fingerprint density at radius 2 is 1.27 bits per heavy atom. The molecule has 11 nitrogen and oxygen atoms in total. The summed E-state index contributed by atoms with van der Waals surface area (Å²) in [5.74, 6) is -0.470. The molecular weight excluding hydrogens is 781 g/mol. The Morgan fingerprint density at radius 1 is 0.683 bits per heavy atom. The summed E-state index contributed by atoms with van der Waals surface area (Å²) in [5.41, 5.74) is 3.15. The van der Waals surface area contributed by atoms with Gasteiger partial charge >= 0.3 is 0 Å². The van der Waals surface area contributed by atoms with Crippen molar-refractivity contribution in [2.45, 2.75) is 160 Å². The maximum absolute atomic E-state index is 12.0. The lowest BCUT2D eigenvalue weighted by Gasteiger charge is -2.50. The van der Waals surface area contributed by atoms with Crippen LogP contribution < -0.4 is 0 Å². The Hall–Kier alpha value is -2.56. The zero-order valence-electron chi connectivity index (χ0n) is 36.9. The third-order valence-electron chi connectivity index (χ3n) is 13.1. The highest BCUT2D eigenvalue weighted by molar-refractivity contribution is 6.77. The van der Waals surface area contributed by atoms with E-state index in [2.05, 4.69) is 48.5 Å². The van der Waals surface area contributed by atoms with Crippen molar-refractivity contribution in [2.75, 3.05) is 19.8 Å². The number of hydrogen-bond acceptors (Lipinski definition) is 11. The molecule has 330 valence electrons. The van der Waals surface area contributed by atoms with E-state index in [1.165, 1.54) is 0 Å². The third kappa shape index (κ3) is 9.66. The van der Waals surface area contributed by atoms with Crippen LogP contribution in [0, 0.1) is 11.8 Å². The summed E-state index contributed by atoms with van der Waals surface area (Å²) in [6.07, 6.45) is -6.84. The van der Waals surface area contributed by atoms with Crippen molar-refractivity contribution in [3.8, 4) is 0 Å². The first-order valence-corrected chi connectivity index (χ1v) is 24.2. The Morgan fingerprint density at radius 3 is 1.88 bits per heavy atom. The predicted molar refractivity (Wildman–Crippen MR) is 229 cm³/mol. The molecule has 3 aromatic rings. The van der Waals surface area contributed by atoms with Gasteiger partial charge in [0.05, 0.1) is 51.3 Å². The summed E-state index contributed by atoms with van der Waals surface area (Å²) >= 11 is 0. The van der Waals surface area contributed by atoms with Gasteiger partial charge < -0.3 is 52.2 Å². The summed E-state index contributed by atoms with van der Waals surface area (Å²) in [6.45, 7) is 21.0. The van der Waals surface area contributed by atoms with Crippen LogP contribution in [0.15, 0.2) is 91.0 Å². The molecule has 4 aliphatic rings. The van der Waals surface area contributed by atoms with E-state index in [0.717, 1.165) is 16.7 Å². The average molecular weight is 849 g/mol. The summed E-state index contributed by atoms with van der Waals surface area (Å²) < 4.78 is 66.9. The lowest BCUT2D eigenvalue weighted by atomic mass is 9.92. The van der Waals surface area contributed by atoms with E-state index in [4.69, 9.17) is 47.1 Å². The minimum atomic E-state index is -2.31. The number of benzene rings is 3. The van der Waals surface area contributed by atoms with Gasteiger partial charge in [0.2, 0.25) is 8.32 Å². The van der Waals surface area contributed by atoms with Crippen LogP contribution in [0.4, 0.5) is 0 Å². The van der Waals surface area contributed by atoms with Crippen LogP contribution in [-0.4, -0.2) is 94.3 Å². The largest absolute Gasteiger partial charge is 0.391 e. The maximum Gasteiger partial charge on any atom is 0.203 e. The van der Waals surface area contributed by atoms with Gasteiger partial charge in [-0.3, -0.25) is 0 Å². The van der Waals surface area contributed by atoms with E-state index in [1.54, 1.807) is 0 Å². The van der Waals surface area contributed by atoms with Crippen LogP contribution in [0.3, 0.4) is 0 Å². The lowest BCUT2D eigenvalue weighted by molar-refractivity contribution is -0.343. The summed E-state index contributed by atoms with van der Waals surface area (Å²) in [7, 11) is -2.31. The second-order valence-electron chi connectivity index (χ2n) is 18.3. The van der Waals surface area contributed by atoms with E-state index in [0.29, 0.717) is 36.4 Å². The number of ether oxygens (including phenoxy) is 9. The Kier molecular flexibility index (Phi) is 15.1. The molecule has 0 bridgehead atoms. The summed E-state index contributed by atoms with van der Waals surface area (Å²) in [4.78, 5) is 0. The van der Waals surface area contributed by atoms with Crippen molar-refractivity contribution in [1.29, 1.82) is 0 Å². The van der Waals surface area contributed by atoms with Crippen LogP contribution >= 0.6 is 0 Å². The quantitative estimate of drug-likeness (QED) is 0.132. The second-order valence-corrected chi connectivity index (χ2v) is 23.7. The summed E-state index contributed by atoms with van der Waals surface area (Å²) in [6, 6.07) is 30.0. The molecule has 60 heavy (non-hydrogen) atoms. The van der Waals surface area contributed by atoms with Crippen molar-refractivity contribution in [2.24, 2.45) is 11.8 Å². The van der Waals surface area contributed by atoms with E-state index in [9.17, 15) is 5.11 Å². The molecule has 3 aromatic carbocycles. The maximum atomic E-state index is 12.0. The van der Waals surface area contributed by atoms with Gasteiger partial charge in [-0.1, -0.05) is 146 Å². The van der Waals surface area contributed by atoms with Gasteiger partial charge in [0.1, 0.15) is 23.9 Å². The van der Waals surface area contributed by atoms with E-state index < -0.39 is 75.7 Å². The highest BCUT2D eigenvalue weighted by Gasteiger charge is 2.61. The molecule has 13 atom stereocenters. The van der Waals surface area contributed by atoms with Crippen molar-refractivity contribution >= 4 is 8.32 Å². The number of aliphatic hydroxyl groups excluding tert-OH is 1. The minimum Gasteiger partial charge on any atom is -0.391 e. The standard InChI is InChI=1S/C48H68O11Si/c1-30(2)60(31(3)4,32(5)6)59-44-34(8)39(49)41(35(9)54-44)56-46-42(51-27-37-21-15-11-16-22-37)40(33(7)25-52-46)55-47-43-48(29-53-47,28-50-26-36-19-13-10-14-20-36)58-45(57-43)38-23-17-12-18-24-38/h10-24,30-35,39-47,49H,25-29H2,1-9H3/t33-,34+,35?,39?,40?,41+,42-,43?,44+,45+,46+,47+,48+/m1/s1. The number of fused-ring (bicyclic) bond motifs is 1. The molecule has 0 spiro atoms. The van der Waals surface area contributed by atoms with Crippen molar-refractivity contribution in [3.63, 3.8) is 0 Å². The average Bonchev–Trinajstić information content (AvgIpc) is 3.77. The van der Waals surface area contributed by atoms with E-state index >= 15 is 0 Å². The lowest BCUT2D eigenvalue weighted by Crippen LogP contribution is -2.62. The molecule has 0 radical (unpaired) electrons. The second kappa shape index (κ2) is 19.9. The molecule has 0 aromatic heterocycles.